The van der Waals surface area contributed by atoms with E-state index in [2.05, 4.69) is 11.5 Å². The Bertz CT molecular complexity index is 723. The second-order valence-corrected chi connectivity index (χ2v) is 9.62. The van der Waals surface area contributed by atoms with Gasteiger partial charge in [0.15, 0.2) is 0 Å². The Morgan fingerprint density at radius 1 is 0.963 bits per heavy atom. The maximum absolute atomic E-state index is 11.7. The molecule has 0 saturated carbocycles. The molecule has 0 radical (unpaired) electrons. The van der Waals surface area contributed by atoms with Crippen molar-refractivity contribution < 1.29 is 31.2 Å². The van der Waals surface area contributed by atoms with Crippen LogP contribution in [0.4, 0.5) is 0 Å². The highest BCUT2D eigenvalue weighted by atomic mass is 31.2. The van der Waals surface area contributed by atoms with Crippen molar-refractivity contribution in [3.8, 4) is 0 Å². The van der Waals surface area contributed by atoms with Crippen LogP contribution in [0.25, 0.3) is 0 Å². The zero-order valence-electron chi connectivity index (χ0n) is 15.5. The van der Waals surface area contributed by atoms with E-state index in [0.717, 1.165) is 16.7 Å². The number of quaternary nitrogens is 2. The molecule has 9 N–H and O–H groups in total. The van der Waals surface area contributed by atoms with Crippen LogP contribution in [0.1, 0.15) is 23.1 Å². The lowest BCUT2D eigenvalue weighted by molar-refractivity contribution is -0.394. The molecule has 0 saturated heterocycles. The van der Waals surface area contributed by atoms with Crippen LogP contribution < -0.4 is 11.5 Å². The van der Waals surface area contributed by atoms with Gasteiger partial charge in [-0.2, -0.15) is 0 Å². The number of aryl methyl sites for hydroxylation is 1. The smallest absolute Gasteiger partial charge is 0.327 e. The Morgan fingerprint density at radius 2 is 1.56 bits per heavy atom. The van der Waals surface area contributed by atoms with Crippen molar-refractivity contribution in [2.24, 2.45) is 5.92 Å². The van der Waals surface area contributed by atoms with Gasteiger partial charge in [0.2, 0.25) is 5.78 Å². The molecule has 0 amide bonds. The third-order valence-electron chi connectivity index (χ3n) is 4.83. The Kier molecular flexibility index (Phi) is 7.90. The molecule has 2 aromatic rings. The highest BCUT2D eigenvalue weighted by Crippen LogP contribution is 2.55. The molecule has 0 aliphatic heterocycles. The Morgan fingerprint density at radius 3 is 2.11 bits per heavy atom. The van der Waals surface area contributed by atoms with Crippen LogP contribution in [0.3, 0.4) is 0 Å². The molecule has 0 spiro atoms. The van der Waals surface area contributed by atoms with Gasteiger partial charge < -0.3 is 16.6 Å². The maximum Gasteiger partial charge on any atom is 0.327 e. The van der Waals surface area contributed by atoms with E-state index >= 15 is 0 Å². The first-order valence-electron chi connectivity index (χ1n) is 9.12. The molecule has 0 aliphatic carbocycles. The molecule has 2 rings (SSSR count). The zero-order chi connectivity index (χ0) is 19.9. The monoisotopic (exact) mass is 393 g/mol. The lowest BCUT2D eigenvalue weighted by Crippen LogP contribution is -2.62. The van der Waals surface area contributed by atoms with Gasteiger partial charge in [-0.1, -0.05) is 54.6 Å². The summed E-state index contributed by atoms with van der Waals surface area (Å²) in [5, 5.41) is 9.55. The van der Waals surface area contributed by atoms with E-state index in [1.54, 1.807) is 0 Å². The third kappa shape index (κ3) is 6.69. The van der Waals surface area contributed by atoms with Gasteiger partial charge in [-0.3, -0.25) is 4.79 Å². The quantitative estimate of drug-likeness (QED) is 0.380. The van der Waals surface area contributed by atoms with Gasteiger partial charge in [-0.25, -0.2) is 9.79 Å². The first-order chi connectivity index (χ1) is 12.8. The molecule has 7 heteroatoms. The normalized spacial score (nSPS) is 13.9. The molecule has 6 nitrogen and oxygen atoms in total. The van der Waals surface area contributed by atoms with Crippen molar-refractivity contribution in [3.63, 3.8) is 0 Å². The lowest BCUT2D eigenvalue weighted by atomic mass is 10.00. The van der Waals surface area contributed by atoms with Crippen molar-refractivity contribution in [2.75, 3.05) is 6.16 Å². The minimum atomic E-state index is -3.43. The number of hydrogen-bond acceptors (Lipinski definition) is 3. The molecule has 2 atom stereocenters. The van der Waals surface area contributed by atoms with Gasteiger partial charge in [0.05, 0.1) is 12.5 Å². The first-order valence-corrected chi connectivity index (χ1v) is 11.1. The number of carbonyl (C=O) groups is 1. The fraction of sp³-hybridized carbons (Fsp3) is 0.350. The van der Waals surface area contributed by atoms with Crippen LogP contribution in [0.5, 0.6) is 0 Å². The summed E-state index contributed by atoms with van der Waals surface area (Å²) in [5.41, 5.74) is 10.8. The van der Waals surface area contributed by atoms with Gasteiger partial charge in [0.25, 0.3) is 0 Å². The van der Waals surface area contributed by atoms with E-state index in [4.69, 9.17) is 0 Å². The Balaban J connectivity index is 1.98. The Hall–Kier alpha value is -1.82. The number of carboxylic acid groups (broad SMARTS) is 1. The first kappa shape index (κ1) is 21.5. The van der Waals surface area contributed by atoms with E-state index in [9.17, 15) is 19.7 Å². The van der Waals surface area contributed by atoms with E-state index in [1.165, 1.54) is 0 Å². The molecule has 2 aromatic carbocycles. The molecule has 0 unspecified atom stereocenters. The molecule has 146 valence electrons. The van der Waals surface area contributed by atoms with Crippen molar-refractivity contribution >= 4 is 13.7 Å². The minimum Gasteiger partial charge on any atom is -0.481 e. The van der Waals surface area contributed by atoms with Crippen LogP contribution >= 0.6 is 7.72 Å². The largest absolute Gasteiger partial charge is 0.481 e. The van der Waals surface area contributed by atoms with E-state index < -0.39 is 25.4 Å². The van der Waals surface area contributed by atoms with Gasteiger partial charge >= 0.3 is 13.7 Å². The van der Waals surface area contributed by atoms with Crippen molar-refractivity contribution in [2.45, 2.75) is 31.6 Å². The molecular formula is C20H30N2O4P+3. The second-order valence-electron chi connectivity index (χ2n) is 6.95. The molecule has 0 bridgehead atoms. The summed E-state index contributed by atoms with van der Waals surface area (Å²) in [6.45, 7) is 0.676. The topological polar surface area (TPSA) is 133 Å². The predicted molar refractivity (Wildman–Crippen MR) is 106 cm³/mol. The highest BCUT2D eigenvalue weighted by molar-refractivity contribution is 7.65. The summed E-state index contributed by atoms with van der Waals surface area (Å²) in [6.07, 6.45) is 1.31. The zero-order valence-corrected chi connectivity index (χ0v) is 16.4. The van der Waals surface area contributed by atoms with E-state index in [-0.39, 0.29) is 12.6 Å². The highest BCUT2D eigenvalue weighted by Gasteiger charge is 2.48. The molecular weight excluding hydrogens is 363 g/mol. The SMILES string of the molecule is [NH3+]Cc1ccc(C[C@H](C[P+](O)(O)[C@@H]([NH3+])CCc2ccccc2)C(=O)O)cc1. The van der Waals surface area contributed by atoms with Crippen LogP contribution in [-0.4, -0.2) is 32.8 Å². The summed E-state index contributed by atoms with van der Waals surface area (Å²) in [4.78, 5) is 32.8. The number of aliphatic carboxylic acids is 1. The van der Waals surface area contributed by atoms with Gasteiger partial charge in [-0.15, -0.1) is 0 Å². The fourth-order valence-electron chi connectivity index (χ4n) is 3.01. The maximum atomic E-state index is 11.7. The summed E-state index contributed by atoms with van der Waals surface area (Å²) in [5.74, 6) is -2.44. The Labute approximate surface area is 160 Å². The molecule has 0 aliphatic rings. The van der Waals surface area contributed by atoms with Crippen molar-refractivity contribution in [1.29, 1.82) is 0 Å². The fourth-order valence-corrected chi connectivity index (χ4v) is 4.79. The van der Waals surface area contributed by atoms with Crippen LogP contribution in [0.15, 0.2) is 54.6 Å². The lowest BCUT2D eigenvalue weighted by Gasteiger charge is -2.20. The average molecular weight is 393 g/mol. The summed E-state index contributed by atoms with van der Waals surface area (Å²) >= 11 is 0. The second kappa shape index (κ2) is 9.93. The third-order valence-corrected chi connectivity index (χ3v) is 7.23. The van der Waals surface area contributed by atoms with Gasteiger partial charge in [0.1, 0.15) is 6.16 Å². The van der Waals surface area contributed by atoms with Crippen molar-refractivity contribution in [3.05, 3.63) is 71.3 Å². The molecule has 0 heterocycles. The van der Waals surface area contributed by atoms with Crippen LogP contribution in [0, 0.1) is 5.92 Å². The standard InChI is InChI=1S/C20H27N2O4P/c21-13-17-8-6-16(7-9-17)12-18(20(23)24)14-27(25,26)19(22)11-10-15-4-2-1-3-5-15/h1-9,18-19,25-26H,10-14,21-22H2/p+3/t18-,19-/m1/s1. The van der Waals surface area contributed by atoms with Crippen LogP contribution in [-0.2, 0) is 24.2 Å². The van der Waals surface area contributed by atoms with E-state index in [1.807, 2.05) is 54.6 Å². The van der Waals surface area contributed by atoms with E-state index in [0.29, 0.717) is 19.4 Å². The number of carboxylic acids is 1. The summed E-state index contributed by atoms with van der Waals surface area (Å²) in [7, 11) is -3.43. The molecule has 0 aromatic heterocycles. The van der Waals surface area contributed by atoms with Crippen LogP contribution in [0.2, 0.25) is 0 Å². The number of rotatable bonds is 10. The minimum absolute atomic E-state index is 0.150. The van der Waals surface area contributed by atoms with Crippen molar-refractivity contribution in [1.82, 2.24) is 0 Å². The van der Waals surface area contributed by atoms with Gasteiger partial charge in [0, 0.05) is 12.0 Å². The molecule has 0 fully saturated rings. The van der Waals surface area contributed by atoms with Gasteiger partial charge in [-0.05, 0) is 24.0 Å². The predicted octanol–water partition coefficient (Wildman–Crippen LogP) is 0.705. The molecule has 27 heavy (non-hydrogen) atoms. The average Bonchev–Trinajstić information content (AvgIpc) is 2.66. The summed E-state index contributed by atoms with van der Waals surface area (Å²) in [6, 6.07) is 17.4. The summed E-state index contributed by atoms with van der Waals surface area (Å²) < 4.78 is 0. The number of hydrogen-bond donors (Lipinski definition) is 5. The number of benzene rings is 2.